The van der Waals surface area contributed by atoms with E-state index in [4.69, 9.17) is 9.84 Å². The summed E-state index contributed by atoms with van der Waals surface area (Å²) in [6.07, 6.45) is 0.298. The molecule has 1 N–H and O–H groups in total. The highest BCUT2D eigenvalue weighted by Gasteiger charge is 2.26. The Kier molecular flexibility index (Phi) is 5.04. The Morgan fingerprint density at radius 2 is 1.95 bits per heavy atom. The first-order valence-corrected chi connectivity index (χ1v) is 6.40. The van der Waals surface area contributed by atoms with Gasteiger partial charge in [-0.25, -0.2) is 4.39 Å². The highest BCUT2D eigenvalue weighted by molar-refractivity contribution is 5.98. The van der Waals surface area contributed by atoms with Crippen LogP contribution in [0.4, 0.5) is 4.39 Å². The standard InChI is InChI=1S/C15H14FNO4/c16-13-6-11(3-1-2-4-18)5-12(7-13)8-17-14(19)9-21-10-15(17)20/h5-7,18H,2,4,8-10H2. The van der Waals surface area contributed by atoms with Crippen molar-refractivity contribution in [2.75, 3.05) is 19.8 Å². The van der Waals surface area contributed by atoms with Crippen LogP contribution in [0.1, 0.15) is 17.5 Å². The quantitative estimate of drug-likeness (QED) is 0.648. The summed E-state index contributed by atoms with van der Waals surface area (Å²) in [5.74, 6) is 4.04. The second-order valence-electron chi connectivity index (χ2n) is 4.49. The van der Waals surface area contributed by atoms with Crippen LogP contribution in [-0.4, -0.2) is 41.6 Å². The number of hydrogen-bond donors (Lipinski definition) is 1. The summed E-state index contributed by atoms with van der Waals surface area (Å²) in [5.41, 5.74) is 0.915. The summed E-state index contributed by atoms with van der Waals surface area (Å²) in [4.78, 5) is 24.3. The van der Waals surface area contributed by atoms with Crippen LogP contribution in [-0.2, 0) is 20.9 Å². The molecule has 0 aromatic heterocycles. The zero-order chi connectivity index (χ0) is 15.2. The summed E-state index contributed by atoms with van der Waals surface area (Å²) in [6, 6.07) is 4.13. The topological polar surface area (TPSA) is 66.8 Å². The van der Waals surface area contributed by atoms with E-state index in [1.165, 1.54) is 12.1 Å². The Bertz CT molecular complexity index is 602. The third kappa shape index (κ3) is 4.12. The molecular formula is C15H14FNO4. The van der Waals surface area contributed by atoms with E-state index in [1.54, 1.807) is 6.07 Å². The molecule has 0 aliphatic carbocycles. The molecule has 0 spiro atoms. The summed E-state index contributed by atoms with van der Waals surface area (Å²) in [7, 11) is 0. The summed E-state index contributed by atoms with van der Waals surface area (Å²) in [6.45, 7) is -0.367. The molecular weight excluding hydrogens is 277 g/mol. The maximum absolute atomic E-state index is 13.6. The van der Waals surface area contributed by atoms with E-state index in [2.05, 4.69) is 11.8 Å². The van der Waals surface area contributed by atoms with Gasteiger partial charge >= 0.3 is 0 Å². The molecule has 2 rings (SSSR count). The van der Waals surface area contributed by atoms with Crippen LogP contribution in [0.25, 0.3) is 0 Å². The number of nitrogens with zero attached hydrogens (tertiary/aromatic N) is 1. The molecule has 110 valence electrons. The molecule has 0 atom stereocenters. The minimum atomic E-state index is -0.492. The van der Waals surface area contributed by atoms with Crippen molar-refractivity contribution in [1.82, 2.24) is 4.90 Å². The van der Waals surface area contributed by atoms with E-state index < -0.39 is 17.6 Å². The molecule has 1 fully saturated rings. The van der Waals surface area contributed by atoms with E-state index in [0.29, 0.717) is 17.5 Å². The number of benzene rings is 1. The van der Waals surface area contributed by atoms with Crippen LogP contribution >= 0.6 is 0 Å². The number of rotatable bonds is 3. The second-order valence-corrected chi connectivity index (χ2v) is 4.49. The Hall–Kier alpha value is -2.23. The minimum absolute atomic E-state index is 0.00648. The van der Waals surface area contributed by atoms with Crippen LogP contribution in [0.3, 0.4) is 0 Å². The van der Waals surface area contributed by atoms with Crippen LogP contribution in [0, 0.1) is 17.7 Å². The summed E-state index contributed by atoms with van der Waals surface area (Å²) >= 11 is 0. The van der Waals surface area contributed by atoms with Gasteiger partial charge < -0.3 is 9.84 Å². The molecule has 0 saturated carbocycles. The smallest absolute Gasteiger partial charge is 0.255 e. The fraction of sp³-hybridized carbons (Fsp3) is 0.333. The number of morpholine rings is 1. The lowest BCUT2D eigenvalue weighted by molar-refractivity contribution is -0.159. The molecule has 0 unspecified atom stereocenters. The van der Waals surface area contributed by atoms with Crippen LogP contribution in [0.15, 0.2) is 18.2 Å². The zero-order valence-corrected chi connectivity index (χ0v) is 11.3. The van der Waals surface area contributed by atoms with E-state index in [0.717, 1.165) is 4.90 Å². The van der Waals surface area contributed by atoms with Crippen molar-refractivity contribution in [3.8, 4) is 11.8 Å². The highest BCUT2D eigenvalue weighted by atomic mass is 19.1. The van der Waals surface area contributed by atoms with Gasteiger partial charge in [0.25, 0.3) is 11.8 Å². The van der Waals surface area contributed by atoms with Gasteiger partial charge in [0.1, 0.15) is 19.0 Å². The average Bonchev–Trinajstić information content (AvgIpc) is 2.43. The van der Waals surface area contributed by atoms with Gasteiger partial charge in [-0.05, 0) is 23.8 Å². The van der Waals surface area contributed by atoms with Crippen LogP contribution < -0.4 is 0 Å². The van der Waals surface area contributed by atoms with E-state index in [1.807, 2.05) is 0 Å². The molecule has 1 aliphatic heterocycles. The summed E-state index contributed by atoms with van der Waals surface area (Å²) in [5, 5.41) is 8.66. The largest absolute Gasteiger partial charge is 0.395 e. The normalized spacial score (nSPS) is 14.9. The lowest BCUT2D eigenvalue weighted by atomic mass is 10.1. The average molecular weight is 291 g/mol. The van der Waals surface area contributed by atoms with Gasteiger partial charge in [0, 0.05) is 12.0 Å². The Morgan fingerprint density at radius 3 is 2.62 bits per heavy atom. The number of hydrogen-bond acceptors (Lipinski definition) is 4. The van der Waals surface area contributed by atoms with Gasteiger partial charge in [0.2, 0.25) is 0 Å². The number of carbonyl (C=O) groups excluding carboxylic acids is 2. The summed E-state index contributed by atoms with van der Waals surface area (Å²) < 4.78 is 18.4. The zero-order valence-electron chi connectivity index (χ0n) is 11.3. The molecule has 2 amide bonds. The van der Waals surface area contributed by atoms with Crippen molar-refractivity contribution >= 4 is 11.8 Å². The van der Waals surface area contributed by atoms with Crippen molar-refractivity contribution in [2.45, 2.75) is 13.0 Å². The lowest BCUT2D eigenvalue weighted by Crippen LogP contribution is -2.45. The van der Waals surface area contributed by atoms with Crippen LogP contribution in [0.2, 0.25) is 0 Å². The van der Waals surface area contributed by atoms with Gasteiger partial charge in [-0.3, -0.25) is 14.5 Å². The number of aliphatic hydroxyl groups is 1. The van der Waals surface area contributed by atoms with Crippen LogP contribution in [0.5, 0.6) is 0 Å². The van der Waals surface area contributed by atoms with Gasteiger partial charge in [-0.1, -0.05) is 11.8 Å². The van der Waals surface area contributed by atoms with Gasteiger partial charge in [0.15, 0.2) is 0 Å². The number of imide groups is 1. The van der Waals surface area contributed by atoms with E-state index >= 15 is 0 Å². The second kappa shape index (κ2) is 6.97. The van der Waals surface area contributed by atoms with Gasteiger partial charge in [-0.15, -0.1) is 0 Å². The van der Waals surface area contributed by atoms with Crippen molar-refractivity contribution in [3.05, 3.63) is 35.1 Å². The molecule has 1 aromatic carbocycles. The Morgan fingerprint density at radius 1 is 1.24 bits per heavy atom. The highest BCUT2D eigenvalue weighted by Crippen LogP contribution is 2.13. The first kappa shape index (κ1) is 15.2. The SMILES string of the molecule is O=C1COCC(=O)N1Cc1cc(F)cc(C#CCCO)c1. The molecule has 5 nitrogen and oxygen atoms in total. The minimum Gasteiger partial charge on any atom is -0.395 e. The molecule has 1 heterocycles. The van der Waals surface area contributed by atoms with Gasteiger partial charge in [0.05, 0.1) is 13.2 Å². The molecule has 0 bridgehead atoms. The number of amides is 2. The maximum atomic E-state index is 13.6. The molecule has 21 heavy (non-hydrogen) atoms. The first-order valence-electron chi connectivity index (χ1n) is 6.40. The van der Waals surface area contributed by atoms with E-state index in [-0.39, 0.29) is 26.4 Å². The number of aliphatic hydroxyl groups excluding tert-OH is 1. The predicted molar refractivity (Wildman–Crippen MR) is 71.4 cm³/mol. The third-order valence-electron chi connectivity index (χ3n) is 2.82. The predicted octanol–water partition coefficient (Wildman–Crippen LogP) is 0.445. The van der Waals surface area contributed by atoms with Crippen molar-refractivity contribution < 1.29 is 23.8 Å². The maximum Gasteiger partial charge on any atom is 0.255 e. The monoisotopic (exact) mass is 291 g/mol. The molecule has 1 aromatic rings. The Labute approximate surface area is 121 Å². The van der Waals surface area contributed by atoms with Crippen molar-refractivity contribution in [1.29, 1.82) is 0 Å². The number of ether oxygens (including phenoxy) is 1. The number of carbonyl (C=O) groups is 2. The molecule has 6 heteroatoms. The van der Waals surface area contributed by atoms with E-state index in [9.17, 15) is 14.0 Å². The molecule has 1 aliphatic rings. The molecule has 0 radical (unpaired) electrons. The van der Waals surface area contributed by atoms with Crippen molar-refractivity contribution in [3.63, 3.8) is 0 Å². The molecule has 1 saturated heterocycles. The third-order valence-corrected chi connectivity index (χ3v) is 2.82. The lowest BCUT2D eigenvalue weighted by Gasteiger charge is -2.24. The van der Waals surface area contributed by atoms with Gasteiger partial charge in [-0.2, -0.15) is 0 Å². The first-order chi connectivity index (χ1) is 10.1. The fourth-order valence-electron chi connectivity index (χ4n) is 1.91. The fourth-order valence-corrected chi connectivity index (χ4v) is 1.91. The number of halogens is 1. The Balaban J connectivity index is 2.18. The van der Waals surface area contributed by atoms with Crippen molar-refractivity contribution in [2.24, 2.45) is 0 Å².